The van der Waals surface area contributed by atoms with E-state index < -0.39 is 0 Å². The Morgan fingerprint density at radius 3 is 2.49 bits per heavy atom. The van der Waals surface area contributed by atoms with Crippen molar-refractivity contribution in [1.29, 1.82) is 0 Å². The van der Waals surface area contributed by atoms with Crippen LogP contribution in [0.25, 0.3) is 0 Å². The van der Waals surface area contributed by atoms with Crippen molar-refractivity contribution in [3.8, 4) is 0 Å². The minimum atomic E-state index is 0.622. The first-order valence-corrected chi connectivity index (χ1v) is 16.3. The Morgan fingerprint density at radius 1 is 0.914 bits per heavy atom. The summed E-state index contributed by atoms with van der Waals surface area (Å²) in [4.78, 5) is 4.55. The number of fused-ring (bicyclic) bond motifs is 5. The quantitative estimate of drug-likeness (QED) is 0.333. The highest BCUT2D eigenvalue weighted by Gasteiger charge is 2.60. The van der Waals surface area contributed by atoms with E-state index in [9.17, 15) is 0 Å². The fourth-order valence-electron chi connectivity index (χ4n) is 10.2. The van der Waals surface area contributed by atoms with E-state index in [0.29, 0.717) is 10.8 Å². The molecule has 4 aliphatic carbocycles. The van der Waals surface area contributed by atoms with E-state index in [1.165, 1.54) is 75.0 Å². The number of aromatic nitrogens is 1. The highest BCUT2D eigenvalue weighted by Crippen LogP contribution is 2.68. The monoisotopic (exact) mass is 495 g/mol. The molecule has 0 aromatic carbocycles. The Bertz CT molecular complexity index is 822. The normalized spacial score (nSPS) is 41.8. The number of thioether (sulfide) groups is 1. The van der Waals surface area contributed by atoms with E-state index in [2.05, 4.69) is 51.7 Å². The fraction of sp³-hybridized carbons (Fsp3) is 0.848. The van der Waals surface area contributed by atoms with Crippen molar-refractivity contribution in [2.45, 2.75) is 117 Å². The standard InChI is InChI=1S/C33H53NS/c1-23(2)9-8-10-24(3)28-14-15-29-27-13-12-26-21-25(22-35-31-11-6-7-20-34-31)16-18-32(26,4)30(27)17-19-33(28,29)5/h6-7,11,20,23-30H,8-10,12-19,21-22H2,1-5H3/t24-,25-,26+,27?,28-,29?,30?,32+,33-/m1/s1. The molecule has 0 spiro atoms. The zero-order chi connectivity index (χ0) is 24.6. The second-order valence-corrected chi connectivity index (χ2v) is 15.3. The van der Waals surface area contributed by atoms with Gasteiger partial charge in [0.1, 0.15) is 0 Å². The predicted molar refractivity (Wildman–Crippen MR) is 152 cm³/mol. The van der Waals surface area contributed by atoms with E-state index in [1.54, 1.807) is 12.8 Å². The van der Waals surface area contributed by atoms with Gasteiger partial charge in [-0.05, 0) is 128 Å². The number of rotatable bonds is 8. The van der Waals surface area contributed by atoms with E-state index in [1.807, 2.05) is 24.0 Å². The average Bonchev–Trinajstić information content (AvgIpc) is 3.20. The molecule has 3 unspecified atom stereocenters. The molecule has 5 rings (SSSR count). The van der Waals surface area contributed by atoms with Crippen LogP contribution in [0.15, 0.2) is 29.4 Å². The molecule has 4 saturated carbocycles. The molecule has 196 valence electrons. The Kier molecular flexibility index (Phi) is 7.99. The molecule has 1 heterocycles. The molecular weight excluding hydrogens is 442 g/mol. The summed E-state index contributed by atoms with van der Waals surface area (Å²) in [5.74, 6) is 9.00. The summed E-state index contributed by atoms with van der Waals surface area (Å²) in [5.41, 5.74) is 1.26. The van der Waals surface area contributed by atoms with Crippen LogP contribution in [0.3, 0.4) is 0 Å². The van der Waals surface area contributed by atoms with E-state index in [0.717, 1.165) is 47.3 Å². The molecule has 0 saturated heterocycles. The van der Waals surface area contributed by atoms with Gasteiger partial charge < -0.3 is 0 Å². The van der Waals surface area contributed by atoms with Crippen molar-refractivity contribution < 1.29 is 0 Å². The molecule has 0 aliphatic heterocycles. The van der Waals surface area contributed by atoms with Gasteiger partial charge in [-0.25, -0.2) is 4.98 Å². The smallest absolute Gasteiger partial charge is 0.0959 e. The predicted octanol–water partition coefficient (Wildman–Crippen LogP) is 9.91. The summed E-state index contributed by atoms with van der Waals surface area (Å²) >= 11 is 2.00. The molecule has 0 bridgehead atoms. The minimum absolute atomic E-state index is 0.622. The van der Waals surface area contributed by atoms with Crippen LogP contribution in [0.2, 0.25) is 0 Å². The van der Waals surface area contributed by atoms with Gasteiger partial charge in [-0.15, -0.1) is 11.8 Å². The molecule has 4 aliphatic rings. The van der Waals surface area contributed by atoms with Crippen LogP contribution in [-0.4, -0.2) is 10.7 Å². The van der Waals surface area contributed by atoms with E-state index >= 15 is 0 Å². The van der Waals surface area contributed by atoms with Gasteiger partial charge in [0, 0.05) is 11.9 Å². The minimum Gasteiger partial charge on any atom is -0.250 e. The molecule has 4 fully saturated rings. The average molecular weight is 496 g/mol. The molecule has 9 atom stereocenters. The van der Waals surface area contributed by atoms with Crippen LogP contribution >= 0.6 is 11.8 Å². The lowest BCUT2D eigenvalue weighted by Gasteiger charge is -2.61. The number of pyridine rings is 1. The third-order valence-corrected chi connectivity index (χ3v) is 13.3. The van der Waals surface area contributed by atoms with Crippen LogP contribution in [0.1, 0.15) is 112 Å². The molecule has 1 aromatic heterocycles. The van der Waals surface area contributed by atoms with E-state index in [4.69, 9.17) is 0 Å². The van der Waals surface area contributed by atoms with Crippen molar-refractivity contribution in [3.63, 3.8) is 0 Å². The van der Waals surface area contributed by atoms with Crippen molar-refractivity contribution in [2.24, 2.45) is 58.2 Å². The van der Waals surface area contributed by atoms with Crippen LogP contribution in [0.4, 0.5) is 0 Å². The summed E-state index contributed by atoms with van der Waals surface area (Å²) in [6.07, 6.45) is 19.9. The Balaban J connectivity index is 1.20. The highest BCUT2D eigenvalue weighted by atomic mass is 32.2. The van der Waals surface area contributed by atoms with Gasteiger partial charge in [0.15, 0.2) is 0 Å². The summed E-state index contributed by atoms with van der Waals surface area (Å²) in [6.45, 7) is 12.9. The molecule has 0 amide bonds. The summed E-state index contributed by atoms with van der Waals surface area (Å²) in [5, 5.41) is 1.21. The third kappa shape index (κ3) is 5.13. The lowest BCUT2D eigenvalue weighted by atomic mass is 9.44. The van der Waals surface area contributed by atoms with Crippen molar-refractivity contribution in [3.05, 3.63) is 24.4 Å². The molecule has 0 N–H and O–H groups in total. The molecule has 1 aromatic rings. The van der Waals surface area contributed by atoms with Gasteiger partial charge in [0.25, 0.3) is 0 Å². The Morgan fingerprint density at radius 2 is 1.71 bits per heavy atom. The Labute approximate surface area is 221 Å². The second-order valence-electron chi connectivity index (χ2n) is 14.3. The summed E-state index contributed by atoms with van der Waals surface area (Å²) in [6, 6.07) is 6.34. The summed E-state index contributed by atoms with van der Waals surface area (Å²) < 4.78 is 0. The lowest BCUT2D eigenvalue weighted by Crippen LogP contribution is -2.53. The van der Waals surface area contributed by atoms with Crippen LogP contribution in [-0.2, 0) is 0 Å². The molecule has 0 radical (unpaired) electrons. The maximum Gasteiger partial charge on any atom is 0.0959 e. The van der Waals surface area contributed by atoms with E-state index in [-0.39, 0.29) is 0 Å². The zero-order valence-electron chi connectivity index (χ0n) is 23.5. The van der Waals surface area contributed by atoms with Gasteiger partial charge in [-0.3, -0.25) is 0 Å². The Hall–Kier alpha value is -0.500. The van der Waals surface area contributed by atoms with Crippen LogP contribution < -0.4 is 0 Å². The molecule has 2 heteroatoms. The first-order chi connectivity index (χ1) is 16.8. The molecule has 1 nitrogen and oxygen atoms in total. The van der Waals surface area contributed by atoms with Gasteiger partial charge in [-0.2, -0.15) is 0 Å². The lowest BCUT2D eigenvalue weighted by molar-refractivity contribution is -0.120. The van der Waals surface area contributed by atoms with Crippen molar-refractivity contribution >= 4 is 11.8 Å². The maximum atomic E-state index is 4.55. The van der Waals surface area contributed by atoms with Crippen molar-refractivity contribution in [1.82, 2.24) is 4.98 Å². The van der Waals surface area contributed by atoms with Gasteiger partial charge in [0.05, 0.1) is 5.03 Å². The van der Waals surface area contributed by atoms with Crippen LogP contribution in [0.5, 0.6) is 0 Å². The molecule has 35 heavy (non-hydrogen) atoms. The first kappa shape index (κ1) is 26.1. The SMILES string of the molecule is CC(C)CCC[C@@H](C)[C@H]1CCC2C3CC[C@H]4C[C@H](CSc5ccccn5)CC[C@]4(C)C3CC[C@@]21C. The van der Waals surface area contributed by atoms with Gasteiger partial charge in [0.2, 0.25) is 0 Å². The fourth-order valence-corrected chi connectivity index (χ4v) is 11.2. The topological polar surface area (TPSA) is 12.9 Å². The maximum absolute atomic E-state index is 4.55. The first-order valence-electron chi connectivity index (χ1n) is 15.3. The largest absolute Gasteiger partial charge is 0.250 e. The number of nitrogens with zero attached hydrogens (tertiary/aromatic N) is 1. The number of hydrogen-bond acceptors (Lipinski definition) is 2. The zero-order valence-corrected chi connectivity index (χ0v) is 24.3. The van der Waals surface area contributed by atoms with Gasteiger partial charge in [-0.1, -0.05) is 59.9 Å². The summed E-state index contributed by atoms with van der Waals surface area (Å²) in [7, 11) is 0. The van der Waals surface area contributed by atoms with Crippen molar-refractivity contribution in [2.75, 3.05) is 5.75 Å². The van der Waals surface area contributed by atoms with Crippen LogP contribution in [0, 0.1) is 58.2 Å². The number of hydrogen-bond donors (Lipinski definition) is 0. The highest BCUT2D eigenvalue weighted by molar-refractivity contribution is 7.99. The molecular formula is C33H53NS. The second kappa shape index (κ2) is 10.7. The van der Waals surface area contributed by atoms with Gasteiger partial charge >= 0.3 is 0 Å². The third-order valence-electron chi connectivity index (χ3n) is 12.1.